The fourth-order valence-electron chi connectivity index (χ4n) is 2.80. The number of hydrogen-bond donors (Lipinski definition) is 1. The topological polar surface area (TPSA) is 75.7 Å². The molecule has 0 aromatic heterocycles. The molecule has 0 aliphatic heterocycles. The zero-order valence-electron chi connectivity index (χ0n) is 16.1. The summed E-state index contributed by atoms with van der Waals surface area (Å²) in [6.45, 7) is 2.00. The molecule has 1 N–H and O–H groups in total. The number of ether oxygens (including phenoxy) is 1. The number of nitrogens with zero attached hydrogens (tertiary/aromatic N) is 1. The number of carbonyl (C=O) groups excluding carboxylic acids is 3. The lowest BCUT2D eigenvalue weighted by Gasteiger charge is -2.21. The highest BCUT2D eigenvalue weighted by molar-refractivity contribution is 5.95. The van der Waals surface area contributed by atoms with E-state index in [1.54, 1.807) is 38.2 Å². The van der Waals surface area contributed by atoms with Gasteiger partial charge in [-0.3, -0.25) is 9.59 Å². The maximum absolute atomic E-state index is 12.5. The average Bonchev–Trinajstić information content (AvgIpc) is 3.54. The second-order valence-corrected chi connectivity index (χ2v) is 7.07. The summed E-state index contributed by atoms with van der Waals surface area (Å²) in [4.78, 5) is 38.1. The smallest absolute Gasteiger partial charge is 0.338 e. The van der Waals surface area contributed by atoms with Crippen LogP contribution in [0.15, 0.2) is 54.6 Å². The molecule has 1 saturated carbocycles. The van der Waals surface area contributed by atoms with Crippen molar-refractivity contribution in [1.82, 2.24) is 4.90 Å². The van der Waals surface area contributed by atoms with Gasteiger partial charge in [0.1, 0.15) is 0 Å². The molecule has 0 saturated heterocycles. The lowest BCUT2D eigenvalue weighted by atomic mass is 10.2. The predicted molar refractivity (Wildman–Crippen MR) is 106 cm³/mol. The minimum atomic E-state index is -0.893. The van der Waals surface area contributed by atoms with E-state index in [9.17, 15) is 14.4 Å². The van der Waals surface area contributed by atoms with Crippen LogP contribution in [0.3, 0.4) is 0 Å². The van der Waals surface area contributed by atoms with E-state index in [-0.39, 0.29) is 17.7 Å². The van der Waals surface area contributed by atoms with E-state index in [1.165, 1.54) is 4.90 Å². The summed E-state index contributed by atoms with van der Waals surface area (Å²) < 4.78 is 5.31. The van der Waals surface area contributed by atoms with E-state index in [0.29, 0.717) is 17.8 Å². The summed E-state index contributed by atoms with van der Waals surface area (Å²) in [6, 6.07) is 16.1. The van der Waals surface area contributed by atoms with Gasteiger partial charge >= 0.3 is 5.97 Å². The van der Waals surface area contributed by atoms with Gasteiger partial charge in [-0.05, 0) is 49.6 Å². The van der Waals surface area contributed by atoms with Crippen molar-refractivity contribution in [2.45, 2.75) is 32.4 Å². The fraction of sp³-hybridized carbons (Fsp3) is 0.318. The molecule has 2 aromatic rings. The summed E-state index contributed by atoms with van der Waals surface area (Å²) in [5.41, 5.74) is 1.97. The van der Waals surface area contributed by atoms with E-state index in [2.05, 4.69) is 5.32 Å². The number of nitrogens with one attached hydrogen (secondary N) is 1. The third-order valence-electron chi connectivity index (χ3n) is 4.61. The van der Waals surface area contributed by atoms with E-state index in [4.69, 9.17) is 4.74 Å². The third kappa shape index (κ3) is 5.19. The number of esters is 1. The van der Waals surface area contributed by atoms with Crippen LogP contribution in [0.4, 0.5) is 5.69 Å². The van der Waals surface area contributed by atoms with Gasteiger partial charge in [0.15, 0.2) is 6.10 Å². The van der Waals surface area contributed by atoms with Gasteiger partial charge in [-0.1, -0.05) is 30.3 Å². The molecular formula is C22H24N2O4. The van der Waals surface area contributed by atoms with Crippen LogP contribution in [0.25, 0.3) is 0 Å². The highest BCUT2D eigenvalue weighted by Crippen LogP contribution is 2.30. The first kappa shape index (κ1) is 19.6. The lowest BCUT2D eigenvalue weighted by Crippen LogP contribution is -2.37. The van der Waals surface area contributed by atoms with Crippen LogP contribution < -0.4 is 5.32 Å². The maximum atomic E-state index is 12.5. The largest absolute Gasteiger partial charge is 0.449 e. The number of amides is 2. The molecule has 3 rings (SSSR count). The number of carbonyl (C=O) groups is 3. The molecule has 0 radical (unpaired) electrons. The Morgan fingerprint density at radius 2 is 1.71 bits per heavy atom. The van der Waals surface area contributed by atoms with Gasteiger partial charge in [-0.15, -0.1) is 0 Å². The molecule has 1 unspecified atom stereocenters. The molecule has 6 nitrogen and oxygen atoms in total. The Morgan fingerprint density at radius 3 is 2.32 bits per heavy atom. The second kappa shape index (κ2) is 8.69. The van der Waals surface area contributed by atoms with Gasteiger partial charge in [0, 0.05) is 25.2 Å². The van der Waals surface area contributed by atoms with Crippen LogP contribution in [-0.2, 0) is 20.9 Å². The van der Waals surface area contributed by atoms with Gasteiger partial charge in [-0.2, -0.15) is 0 Å². The number of hydrogen-bond acceptors (Lipinski definition) is 4. The zero-order valence-corrected chi connectivity index (χ0v) is 16.1. The monoisotopic (exact) mass is 380 g/mol. The van der Waals surface area contributed by atoms with Crippen molar-refractivity contribution in [3.05, 3.63) is 65.7 Å². The minimum Gasteiger partial charge on any atom is -0.449 e. The van der Waals surface area contributed by atoms with Crippen LogP contribution in [0.2, 0.25) is 0 Å². The van der Waals surface area contributed by atoms with Crippen molar-refractivity contribution in [3.63, 3.8) is 0 Å². The summed E-state index contributed by atoms with van der Waals surface area (Å²) >= 11 is 0. The minimum absolute atomic E-state index is 0.0102. The maximum Gasteiger partial charge on any atom is 0.338 e. The molecule has 0 spiro atoms. The highest BCUT2D eigenvalue weighted by atomic mass is 16.5. The van der Waals surface area contributed by atoms with Crippen LogP contribution >= 0.6 is 0 Å². The number of likely N-dealkylation sites (N-methyl/N-ethyl adjacent to an activating group) is 1. The highest BCUT2D eigenvalue weighted by Gasteiger charge is 2.29. The second-order valence-electron chi connectivity index (χ2n) is 7.07. The Morgan fingerprint density at radius 1 is 1.07 bits per heavy atom. The average molecular weight is 380 g/mol. The Kier molecular flexibility index (Phi) is 6.09. The van der Waals surface area contributed by atoms with Crippen molar-refractivity contribution in [2.75, 3.05) is 12.4 Å². The molecule has 6 heteroatoms. The van der Waals surface area contributed by atoms with Gasteiger partial charge in [-0.25, -0.2) is 4.79 Å². The van der Waals surface area contributed by atoms with Crippen molar-refractivity contribution in [1.29, 1.82) is 0 Å². The molecule has 1 fully saturated rings. The van der Waals surface area contributed by atoms with Crippen molar-refractivity contribution in [2.24, 2.45) is 5.92 Å². The normalized spacial score (nSPS) is 14.1. The molecule has 1 aliphatic carbocycles. The van der Waals surface area contributed by atoms with Crippen LogP contribution in [0.1, 0.15) is 35.7 Å². The zero-order chi connectivity index (χ0) is 20.1. The molecule has 2 aromatic carbocycles. The van der Waals surface area contributed by atoms with Crippen LogP contribution in [-0.4, -0.2) is 35.8 Å². The molecule has 2 amide bonds. The van der Waals surface area contributed by atoms with Crippen molar-refractivity contribution < 1.29 is 19.1 Å². The van der Waals surface area contributed by atoms with Gasteiger partial charge in [0.05, 0.1) is 5.56 Å². The summed E-state index contributed by atoms with van der Waals surface area (Å²) in [5.74, 6) is -0.722. The molecular weight excluding hydrogens is 356 g/mol. The fourth-order valence-corrected chi connectivity index (χ4v) is 2.80. The summed E-state index contributed by atoms with van der Waals surface area (Å²) in [5, 5.41) is 2.82. The van der Waals surface area contributed by atoms with E-state index in [0.717, 1.165) is 18.4 Å². The van der Waals surface area contributed by atoms with Crippen LogP contribution in [0, 0.1) is 5.92 Å². The predicted octanol–water partition coefficient (Wildman–Crippen LogP) is 3.24. The SMILES string of the molecule is CC(OC(=O)c1ccc(NC(=O)C2CC2)cc1)C(=O)N(C)Cc1ccccc1. The van der Waals surface area contributed by atoms with Gasteiger partial charge < -0.3 is 15.0 Å². The molecule has 0 heterocycles. The first-order chi connectivity index (χ1) is 13.4. The summed E-state index contributed by atoms with van der Waals surface area (Å²) in [7, 11) is 1.68. The number of benzene rings is 2. The van der Waals surface area contributed by atoms with Crippen molar-refractivity contribution in [3.8, 4) is 0 Å². The molecule has 28 heavy (non-hydrogen) atoms. The van der Waals surface area contributed by atoms with E-state index in [1.807, 2.05) is 30.3 Å². The van der Waals surface area contributed by atoms with Crippen LogP contribution in [0.5, 0.6) is 0 Å². The molecule has 1 aliphatic rings. The van der Waals surface area contributed by atoms with Crippen molar-refractivity contribution >= 4 is 23.5 Å². The Hall–Kier alpha value is -3.15. The van der Waals surface area contributed by atoms with E-state index < -0.39 is 12.1 Å². The first-order valence-corrected chi connectivity index (χ1v) is 9.35. The van der Waals surface area contributed by atoms with E-state index >= 15 is 0 Å². The Labute approximate surface area is 164 Å². The Bertz CT molecular complexity index is 845. The lowest BCUT2D eigenvalue weighted by molar-refractivity contribution is -0.139. The molecule has 146 valence electrons. The van der Waals surface area contributed by atoms with Gasteiger partial charge in [0.25, 0.3) is 5.91 Å². The molecule has 0 bridgehead atoms. The third-order valence-corrected chi connectivity index (χ3v) is 4.61. The number of rotatable bonds is 7. The number of anilines is 1. The Balaban J connectivity index is 1.52. The quantitative estimate of drug-likeness (QED) is 0.748. The summed E-state index contributed by atoms with van der Waals surface area (Å²) in [6.07, 6.45) is 0.970. The molecule has 1 atom stereocenters. The first-order valence-electron chi connectivity index (χ1n) is 9.35. The standard InChI is InChI=1S/C22H24N2O4/c1-15(21(26)24(2)14-16-6-4-3-5-7-16)28-22(27)18-10-12-19(13-11-18)23-20(25)17-8-9-17/h3-7,10-13,15,17H,8-9,14H2,1-2H3,(H,23,25). The van der Waals surface area contributed by atoms with Gasteiger partial charge in [0.2, 0.25) is 5.91 Å².